The van der Waals surface area contributed by atoms with Crippen LogP contribution < -0.4 is 10.5 Å². The molecule has 0 radical (unpaired) electrons. The molecule has 19 heavy (non-hydrogen) atoms. The number of sulfonamides is 1. The topological polar surface area (TPSA) is 85.1 Å². The third kappa shape index (κ3) is 3.28. The quantitative estimate of drug-likeness (QED) is 0.911. The highest BCUT2D eigenvalue weighted by Gasteiger charge is 2.16. The van der Waals surface area contributed by atoms with Crippen molar-refractivity contribution in [1.82, 2.24) is 4.98 Å². The van der Waals surface area contributed by atoms with Crippen molar-refractivity contribution in [3.63, 3.8) is 0 Å². The average Bonchev–Trinajstić information content (AvgIpc) is 2.33. The standard InChI is InChI=1S/C11H9Cl2N3O2S/c12-7-1-2-10(9(13)5-7)16-19(17,18)8-3-4-15-11(14)6-8/h1-6,16H,(H2,14,15). The van der Waals surface area contributed by atoms with E-state index in [0.29, 0.717) is 5.02 Å². The summed E-state index contributed by atoms with van der Waals surface area (Å²) in [7, 11) is -3.77. The molecule has 0 bridgehead atoms. The van der Waals surface area contributed by atoms with E-state index in [0.717, 1.165) is 0 Å². The Balaban J connectivity index is 2.36. The summed E-state index contributed by atoms with van der Waals surface area (Å²) in [5.74, 6) is 0.116. The summed E-state index contributed by atoms with van der Waals surface area (Å²) in [5, 5.41) is 0.624. The van der Waals surface area contributed by atoms with Crippen molar-refractivity contribution >= 4 is 44.7 Å². The van der Waals surface area contributed by atoms with Crippen molar-refractivity contribution in [2.75, 3.05) is 10.5 Å². The zero-order valence-electron chi connectivity index (χ0n) is 9.47. The zero-order valence-corrected chi connectivity index (χ0v) is 11.8. The number of nitrogens with two attached hydrogens (primary N) is 1. The second-order valence-corrected chi connectivity index (χ2v) is 6.17. The van der Waals surface area contributed by atoms with E-state index in [9.17, 15) is 8.42 Å². The third-order valence-corrected chi connectivity index (χ3v) is 4.15. The summed E-state index contributed by atoms with van der Waals surface area (Å²) < 4.78 is 26.6. The number of nitrogens with zero attached hydrogens (tertiary/aromatic N) is 1. The Morgan fingerprint density at radius 1 is 1.16 bits per heavy atom. The van der Waals surface area contributed by atoms with Gasteiger partial charge in [-0.3, -0.25) is 4.72 Å². The number of rotatable bonds is 3. The van der Waals surface area contributed by atoms with Crippen LogP contribution >= 0.6 is 23.2 Å². The van der Waals surface area contributed by atoms with Crippen molar-refractivity contribution in [2.45, 2.75) is 4.90 Å². The van der Waals surface area contributed by atoms with Crippen LogP contribution in [-0.4, -0.2) is 13.4 Å². The van der Waals surface area contributed by atoms with Gasteiger partial charge in [-0.1, -0.05) is 23.2 Å². The fourth-order valence-electron chi connectivity index (χ4n) is 1.37. The first-order valence-corrected chi connectivity index (χ1v) is 7.32. The van der Waals surface area contributed by atoms with Gasteiger partial charge in [-0.15, -0.1) is 0 Å². The van der Waals surface area contributed by atoms with Crippen LogP contribution in [0.15, 0.2) is 41.4 Å². The Bertz CT molecular complexity index is 720. The number of hydrogen-bond acceptors (Lipinski definition) is 4. The molecule has 1 aromatic carbocycles. The molecule has 0 aliphatic carbocycles. The lowest BCUT2D eigenvalue weighted by Gasteiger charge is -2.10. The lowest BCUT2D eigenvalue weighted by Crippen LogP contribution is -2.13. The van der Waals surface area contributed by atoms with Gasteiger partial charge in [0.15, 0.2) is 0 Å². The molecule has 2 aromatic rings. The van der Waals surface area contributed by atoms with Gasteiger partial charge in [0.1, 0.15) is 5.82 Å². The fraction of sp³-hybridized carbons (Fsp3) is 0. The average molecular weight is 318 g/mol. The molecule has 2 rings (SSSR count). The first-order chi connectivity index (χ1) is 8.88. The van der Waals surface area contributed by atoms with Crippen molar-refractivity contribution in [2.24, 2.45) is 0 Å². The predicted octanol–water partition coefficient (Wildman–Crippen LogP) is 2.77. The Morgan fingerprint density at radius 3 is 2.53 bits per heavy atom. The fourth-order valence-corrected chi connectivity index (χ4v) is 2.98. The minimum absolute atomic E-state index is 0.00557. The van der Waals surface area contributed by atoms with E-state index < -0.39 is 10.0 Å². The number of aromatic nitrogens is 1. The molecular formula is C11H9Cl2N3O2S. The van der Waals surface area contributed by atoms with E-state index in [1.54, 1.807) is 0 Å². The van der Waals surface area contributed by atoms with Crippen molar-refractivity contribution in [1.29, 1.82) is 0 Å². The highest BCUT2D eigenvalue weighted by molar-refractivity contribution is 7.92. The second-order valence-electron chi connectivity index (χ2n) is 3.65. The Morgan fingerprint density at radius 2 is 1.89 bits per heavy atom. The van der Waals surface area contributed by atoms with E-state index >= 15 is 0 Å². The molecule has 100 valence electrons. The SMILES string of the molecule is Nc1cc(S(=O)(=O)Nc2ccc(Cl)cc2Cl)ccn1. The largest absolute Gasteiger partial charge is 0.384 e. The highest BCUT2D eigenvalue weighted by Crippen LogP contribution is 2.27. The van der Waals surface area contributed by atoms with Crippen molar-refractivity contribution < 1.29 is 8.42 Å². The smallest absolute Gasteiger partial charge is 0.262 e. The van der Waals surface area contributed by atoms with E-state index in [4.69, 9.17) is 28.9 Å². The maximum absolute atomic E-state index is 12.1. The third-order valence-electron chi connectivity index (χ3n) is 2.24. The van der Waals surface area contributed by atoms with Crippen LogP contribution in [0.2, 0.25) is 10.0 Å². The van der Waals surface area contributed by atoms with Crippen LogP contribution in [0.4, 0.5) is 11.5 Å². The number of pyridine rings is 1. The molecule has 3 N–H and O–H groups in total. The maximum atomic E-state index is 12.1. The molecule has 5 nitrogen and oxygen atoms in total. The minimum Gasteiger partial charge on any atom is -0.384 e. The first kappa shape index (κ1) is 13.9. The highest BCUT2D eigenvalue weighted by atomic mass is 35.5. The van der Waals surface area contributed by atoms with E-state index in [1.165, 1.54) is 36.5 Å². The first-order valence-electron chi connectivity index (χ1n) is 5.08. The van der Waals surface area contributed by atoms with Gasteiger partial charge in [0, 0.05) is 17.3 Å². The van der Waals surface area contributed by atoms with Gasteiger partial charge in [-0.25, -0.2) is 13.4 Å². The molecule has 8 heteroatoms. The number of anilines is 2. The van der Waals surface area contributed by atoms with E-state index in [2.05, 4.69) is 9.71 Å². The normalized spacial score (nSPS) is 11.3. The van der Waals surface area contributed by atoms with Gasteiger partial charge in [0.2, 0.25) is 0 Å². The molecule has 0 atom stereocenters. The van der Waals surface area contributed by atoms with Gasteiger partial charge < -0.3 is 5.73 Å². The summed E-state index contributed by atoms with van der Waals surface area (Å²) in [5.41, 5.74) is 5.69. The molecule has 0 aliphatic rings. The zero-order chi connectivity index (χ0) is 14.0. The van der Waals surface area contributed by atoms with Crippen LogP contribution in [0, 0.1) is 0 Å². The van der Waals surface area contributed by atoms with Gasteiger partial charge in [0.05, 0.1) is 15.6 Å². The van der Waals surface area contributed by atoms with Crippen LogP contribution in [-0.2, 0) is 10.0 Å². The molecular weight excluding hydrogens is 309 g/mol. The van der Waals surface area contributed by atoms with Gasteiger partial charge in [0.25, 0.3) is 10.0 Å². The van der Waals surface area contributed by atoms with Crippen molar-refractivity contribution in [3.8, 4) is 0 Å². The van der Waals surface area contributed by atoms with Gasteiger partial charge in [-0.05, 0) is 24.3 Å². The molecule has 1 aromatic heterocycles. The maximum Gasteiger partial charge on any atom is 0.262 e. The Kier molecular flexibility index (Phi) is 3.84. The molecule has 0 saturated carbocycles. The summed E-state index contributed by atoms with van der Waals surface area (Å²) in [6, 6.07) is 7.05. The molecule has 1 heterocycles. The lowest BCUT2D eigenvalue weighted by molar-refractivity contribution is 0.601. The Labute approximate surface area is 120 Å². The van der Waals surface area contributed by atoms with Gasteiger partial charge >= 0.3 is 0 Å². The summed E-state index contributed by atoms with van der Waals surface area (Å²) in [6.07, 6.45) is 1.31. The van der Waals surface area contributed by atoms with Crippen LogP contribution in [0.25, 0.3) is 0 Å². The van der Waals surface area contributed by atoms with Crippen LogP contribution in [0.3, 0.4) is 0 Å². The van der Waals surface area contributed by atoms with Crippen molar-refractivity contribution in [3.05, 3.63) is 46.6 Å². The number of benzene rings is 1. The predicted molar refractivity (Wildman–Crippen MR) is 75.9 cm³/mol. The monoisotopic (exact) mass is 317 g/mol. The molecule has 0 saturated heterocycles. The lowest BCUT2D eigenvalue weighted by atomic mass is 10.3. The molecule has 0 spiro atoms. The Hall–Kier alpha value is -1.50. The molecule has 0 unspecified atom stereocenters. The molecule has 0 aliphatic heterocycles. The summed E-state index contributed by atoms with van der Waals surface area (Å²) in [6.45, 7) is 0. The van der Waals surface area contributed by atoms with E-state index in [1.807, 2.05) is 0 Å². The van der Waals surface area contributed by atoms with E-state index in [-0.39, 0.29) is 21.4 Å². The minimum atomic E-state index is -3.77. The summed E-state index contributed by atoms with van der Waals surface area (Å²) in [4.78, 5) is 3.74. The van der Waals surface area contributed by atoms with Crippen LogP contribution in [0.1, 0.15) is 0 Å². The number of hydrogen-bond donors (Lipinski definition) is 2. The summed E-state index contributed by atoms with van der Waals surface area (Å²) >= 11 is 11.6. The van der Waals surface area contributed by atoms with Crippen LogP contribution in [0.5, 0.6) is 0 Å². The second kappa shape index (κ2) is 5.24. The van der Waals surface area contributed by atoms with Gasteiger partial charge in [-0.2, -0.15) is 0 Å². The number of nitrogens with one attached hydrogen (secondary N) is 1. The number of halogens is 2. The number of nitrogen functional groups attached to an aromatic ring is 1. The molecule has 0 amide bonds. The molecule has 0 fully saturated rings.